The first kappa shape index (κ1) is 14.3. The molecule has 0 saturated heterocycles. The van der Waals surface area contributed by atoms with Gasteiger partial charge >= 0.3 is 5.97 Å². The SMILES string of the molecule is CCOC(=O)C(C)c1cc(Cl)n2nc(C)c(Br)c2n1. The lowest BCUT2D eigenvalue weighted by atomic mass is 10.1. The molecule has 0 aromatic carbocycles. The van der Waals surface area contributed by atoms with Gasteiger partial charge < -0.3 is 4.74 Å². The van der Waals surface area contributed by atoms with E-state index in [4.69, 9.17) is 16.3 Å². The van der Waals surface area contributed by atoms with Crippen LogP contribution in [-0.4, -0.2) is 27.2 Å². The van der Waals surface area contributed by atoms with Crippen LogP contribution in [0.2, 0.25) is 5.15 Å². The number of ether oxygens (including phenoxy) is 1. The lowest BCUT2D eigenvalue weighted by Gasteiger charge is -2.10. The lowest BCUT2D eigenvalue weighted by molar-refractivity contribution is -0.144. The molecule has 1 unspecified atom stereocenters. The van der Waals surface area contributed by atoms with Gasteiger partial charge in [-0.15, -0.1) is 0 Å². The molecule has 19 heavy (non-hydrogen) atoms. The number of carbonyl (C=O) groups is 1. The Balaban J connectivity index is 2.51. The number of hydrogen-bond acceptors (Lipinski definition) is 4. The van der Waals surface area contributed by atoms with Crippen LogP contribution in [0.3, 0.4) is 0 Å². The Hall–Kier alpha value is -1.14. The molecule has 1 atom stereocenters. The second kappa shape index (κ2) is 5.46. The van der Waals surface area contributed by atoms with Crippen LogP contribution in [-0.2, 0) is 9.53 Å². The van der Waals surface area contributed by atoms with Gasteiger partial charge in [0.2, 0.25) is 0 Å². The van der Waals surface area contributed by atoms with Gasteiger partial charge in [-0.05, 0) is 42.8 Å². The quantitative estimate of drug-likeness (QED) is 0.633. The molecular weight excluding hydrogens is 334 g/mol. The molecule has 2 aromatic rings. The number of halogens is 2. The molecule has 0 bridgehead atoms. The molecule has 0 spiro atoms. The number of fused-ring (bicyclic) bond motifs is 1. The van der Waals surface area contributed by atoms with Gasteiger partial charge in [0.15, 0.2) is 5.65 Å². The maximum absolute atomic E-state index is 11.7. The molecule has 0 aliphatic rings. The van der Waals surface area contributed by atoms with Crippen molar-refractivity contribution in [2.24, 2.45) is 0 Å². The predicted molar refractivity (Wildman–Crippen MR) is 75.5 cm³/mol. The second-order valence-corrected chi connectivity index (χ2v) is 5.29. The highest BCUT2D eigenvalue weighted by atomic mass is 79.9. The summed E-state index contributed by atoms with van der Waals surface area (Å²) in [7, 11) is 0. The fraction of sp³-hybridized carbons (Fsp3) is 0.417. The van der Waals surface area contributed by atoms with E-state index in [0.717, 1.165) is 10.2 Å². The molecule has 2 aromatic heterocycles. The number of aromatic nitrogens is 3. The number of esters is 1. The Morgan fingerprint density at radius 2 is 2.32 bits per heavy atom. The normalized spacial score (nSPS) is 12.7. The van der Waals surface area contributed by atoms with Crippen molar-refractivity contribution in [3.8, 4) is 0 Å². The molecule has 2 heterocycles. The van der Waals surface area contributed by atoms with Gasteiger partial charge in [-0.3, -0.25) is 4.79 Å². The number of aryl methyl sites for hydroxylation is 1. The Labute approximate surface area is 124 Å². The molecule has 0 N–H and O–H groups in total. The van der Waals surface area contributed by atoms with Crippen LogP contribution in [0.1, 0.15) is 31.2 Å². The second-order valence-electron chi connectivity index (χ2n) is 4.11. The first-order valence-corrected chi connectivity index (χ1v) is 7.00. The summed E-state index contributed by atoms with van der Waals surface area (Å²) >= 11 is 9.58. The Morgan fingerprint density at radius 1 is 1.63 bits per heavy atom. The number of rotatable bonds is 3. The van der Waals surface area contributed by atoms with Crippen LogP contribution in [0.25, 0.3) is 5.65 Å². The van der Waals surface area contributed by atoms with Gasteiger partial charge in [-0.25, -0.2) is 9.50 Å². The van der Waals surface area contributed by atoms with E-state index >= 15 is 0 Å². The van der Waals surface area contributed by atoms with E-state index in [1.54, 1.807) is 19.9 Å². The van der Waals surface area contributed by atoms with Crippen LogP contribution in [0.15, 0.2) is 10.5 Å². The number of carbonyl (C=O) groups excluding carboxylic acids is 1. The van der Waals surface area contributed by atoms with E-state index < -0.39 is 5.92 Å². The number of hydrogen-bond donors (Lipinski definition) is 0. The van der Waals surface area contributed by atoms with E-state index in [9.17, 15) is 4.79 Å². The Bertz CT molecular complexity index is 641. The molecular formula is C12H13BrClN3O2. The zero-order chi connectivity index (χ0) is 14.2. The van der Waals surface area contributed by atoms with Crippen LogP contribution < -0.4 is 0 Å². The molecule has 0 amide bonds. The molecule has 5 nitrogen and oxygen atoms in total. The molecule has 0 radical (unpaired) electrons. The first-order valence-electron chi connectivity index (χ1n) is 5.83. The molecule has 2 rings (SSSR count). The van der Waals surface area contributed by atoms with Crippen molar-refractivity contribution in [3.05, 3.63) is 27.1 Å². The molecule has 0 aliphatic heterocycles. The summed E-state index contributed by atoms with van der Waals surface area (Å²) in [5.41, 5.74) is 1.95. The van der Waals surface area contributed by atoms with E-state index in [0.29, 0.717) is 23.1 Å². The summed E-state index contributed by atoms with van der Waals surface area (Å²) in [5.74, 6) is -0.785. The first-order chi connectivity index (χ1) is 8.95. The monoisotopic (exact) mass is 345 g/mol. The zero-order valence-electron chi connectivity index (χ0n) is 10.8. The van der Waals surface area contributed by atoms with Gasteiger partial charge in [-0.1, -0.05) is 11.6 Å². The van der Waals surface area contributed by atoms with Crippen molar-refractivity contribution in [2.75, 3.05) is 6.61 Å². The standard InChI is InChI=1S/C12H13BrClN3O2/c1-4-19-12(18)6(2)8-5-9(14)17-11(15-8)10(13)7(3)16-17/h5-6H,4H2,1-3H3. The van der Waals surface area contributed by atoms with Crippen molar-refractivity contribution >= 4 is 39.1 Å². The Kier molecular flexibility index (Phi) is 4.10. The summed E-state index contributed by atoms with van der Waals surface area (Å²) in [6, 6.07) is 1.63. The van der Waals surface area contributed by atoms with Crippen molar-refractivity contribution in [3.63, 3.8) is 0 Å². The third kappa shape index (κ3) is 2.60. The third-order valence-corrected chi connectivity index (χ3v) is 3.95. The third-order valence-electron chi connectivity index (χ3n) is 2.75. The molecule has 102 valence electrons. The van der Waals surface area contributed by atoms with E-state index in [1.165, 1.54) is 4.52 Å². The van der Waals surface area contributed by atoms with E-state index in [1.807, 2.05) is 6.92 Å². The summed E-state index contributed by atoms with van der Waals surface area (Å²) in [5, 5.41) is 4.66. The van der Waals surface area contributed by atoms with Gasteiger partial charge in [0.1, 0.15) is 5.15 Å². The lowest BCUT2D eigenvalue weighted by Crippen LogP contribution is -2.15. The van der Waals surface area contributed by atoms with Crippen LogP contribution >= 0.6 is 27.5 Å². The Morgan fingerprint density at radius 3 is 2.95 bits per heavy atom. The zero-order valence-corrected chi connectivity index (χ0v) is 13.1. The largest absolute Gasteiger partial charge is 0.465 e. The minimum absolute atomic E-state index is 0.317. The van der Waals surface area contributed by atoms with Gasteiger partial charge in [-0.2, -0.15) is 5.10 Å². The molecule has 7 heteroatoms. The maximum Gasteiger partial charge on any atom is 0.314 e. The summed E-state index contributed by atoms with van der Waals surface area (Å²) in [4.78, 5) is 16.2. The van der Waals surface area contributed by atoms with Gasteiger partial charge in [0.05, 0.1) is 28.4 Å². The van der Waals surface area contributed by atoms with Crippen molar-refractivity contribution in [1.29, 1.82) is 0 Å². The summed E-state index contributed by atoms with van der Waals surface area (Å²) < 4.78 is 7.29. The van der Waals surface area contributed by atoms with Crippen LogP contribution in [0, 0.1) is 6.92 Å². The van der Waals surface area contributed by atoms with Crippen LogP contribution in [0.4, 0.5) is 0 Å². The molecule has 0 saturated carbocycles. The minimum atomic E-state index is -0.468. The number of nitrogens with zero attached hydrogens (tertiary/aromatic N) is 3. The van der Waals surface area contributed by atoms with Gasteiger partial charge in [0, 0.05) is 0 Å². The summed E-state index contributed by atoms with van der Waals surface area (Å²) in [6.45, 7) is 5.70. The van der Waals surface area contributed by atoms with E-state index in [-0.39, 0.29) is 5.97 Å². The van der Waals surface area contributed by atoms with Gasteiger partial charge in [0.25, 0.3) is 0 Å². The summed E-state index contributed by atoms with van der Waals surface area (Å²) in [6.07, 6.45) is 0. The smallest absolute Gasteiger partial charge is 0.314 e. The predicted octanol–water partition coefficient (Wildman–Crippen LogP) is 3.12. The minimum Gasteiger partial charge on any atom is -0.465 e. The molecule has 0 fully saturated rings. The highest BCUT2D eigenvalue weighted by Crippen LogP contribution is 2.26. The maximum atomic E-state index is 11.7. The average molecular weight is 347 g/mol. The average Bonchev–Trinajstić information content (AvgIpc) is 2.66. The molecule has 0 aliphatic carbocycles. The van der Waals surface area contributed by atoms with E-state index in [2.05, 4.69) is 26.0 Å². The van der Waals surface area contributed by atoms with Crippen molar-refractivity contribution < 1.29 is 9.53 Å². The van der Waals surface area contributed by atoms with Crippen molar-refractivity contribution in [1.82, 2.24) is 14.6 Å². The highest BCUT2D eigenvalue weighted by Gasteiger charge is 2.21. The topological polar surface area (TPSA) is 56.5 Å². The fourth-order valence-corrected chi connectivity index (χ4v) is 2.25. The van der Waals surface area contributed by atoms with Crippen LogP contribution in [0.5, 0.6) is 0 Å². The van der Waals surface area contributed by atoms with Crippen molar-refractivity contribution in [2.45, 2.75) is 26.7 Å². The highest BCUT2D eigenvalue weighted by molar-refractivity contribution is 9.10. The fourth-order valence-electron chi connectivity index (χ4n) is 1.69.